The highest BCUT2D eigenvalue weighted by Gasteiger charge is 2.31. The molecule has 1 aliphatic heterocycles. The number of thioether (sulfide) groups is 1. The summed E-state index contributed by atoms with van der Waals surface area (Å²) in [6.45, 7) is 3.09. The molecule has 0 unspecified atom stereocenters. The Bertz CT molecular complexity index is 1220. The monoisotopic (exact) mass is 580 g/mol. The molecule has 0 spiro atoms. The molecule has 3 aromatic carbocycles. The van der Waals surface area contributed by atoms with Gasteiger partial charge in [-0.15, -0.1) is 0 Å². The largest absolute Gasteiger partial charge is 0.417 e. The van der Waals surface area contributed by atoms with Crippen LogP contribution >= 0.6 is 19.7 Å². The van der Waals surface area contributed by atoms with Crippen LogP contribution in [0.5, 0.6) is 0 Å². The van der Waals surface area contributed by atoms with E-state index in [1.807, 2.05) is 4.90 Å². The number of piperidine rings is 1. The summed E-state index contributed by atoms with van der Waals surface area (Å²) < 4.78 is 37.4. The van der Waals surface area contributed by atoms with Crippen molar-refractivity contribution in [2.24, 2.45) is 5.92 Å². The molecule has 5 rings (SSSR count). The molecule has 0 N–H and O–H groups in total. The van der Waals surface area contributed by atoms with Gasteiger partial charge in [-0.2, -0.15) is 13.2 Å². The maximum atomic E-state index is 12.5. The first-order chi connectivity index (χ1) is 19.3. The maximum Gasteiger partial charge on any atom is 0.417 e. The van der Waals surface area contributed by atoms with Gasteiger partial charge in [0, 0.05) is 32.0 Å². The number of rotatable bonds is 6. The Kier molecular flexibility index (Phi) is 10.8. The predicted octanol–water partition coefficient (Wildman–Crippen LogP) is 7.04. The van der Waals surface area contributed by atoms with Crippen LogP contribution < -0.4 is 20.8 Å². The van der Waals surface area contributed by atoms with E-state index in [4.69, 9.17) is 0 Å². The van der Waals surface area contributed by atoms with Crippen LogP contribution in [0.25, 0.3) is 0 Å². The Morgan fingerprint density at radius 3 is 1.68 bits per heavy atom. The number of aromatic nitrogens is 1. The van der Waals surface area contributed by atoms with Crippen molar-refractivity contribution in [1.82, 2.24) is 4.98 Å². The predicted molar refractivity (Wildman–Crippen MR) is 162 cm³/mol. The second-order valence-corrected chi connectivity index (χ2v) is 12.9. The normalized spacial score (nSPS) is 14.0. The van der Waals surface area contributed by atoms with Crippen molar-refractivity contribution in [2.45, 2.75) is 25.9 Å². The lowest BCUT2D eigenvalue weighted by atomic mass is 9.99. The molecule has 40 heavy (non-hydrogen) atoms. The Balaban J connectivity index is 0.000000186. The summed E-state index contributed by atoms with van der Waals surface area (Å²) in [4.78, 5) is 16.8. The molecule has 1 fully saturated rings. The molecule has 0 aliphatic carbocycles. The lowest BCUT2D eigenvalue weighted by Crippen LogP contribution is -2.35. The van der Waals surface area contributed by atoms with E-state index in [0.717, 1.165) is 43.9 Å². The van der Waals surface area contributed by atoms with E-state index in [0.29, 0.717) is 11.7 Å². The van der Waals surface area contributed by atoms with Gasteiger partial charge in [0.15, 0.2) is 5.12 Å². The third-order valence-corrected chi connectivity index (χ3v) is 10.1. The second kappa shape index (κ2) is 14.5. The van der Waals surface area contributed by atoms with E-state index in [-0.39, 0.29) is 5.12 Å². The van der Waals surface area contributed by atoms with Crippen LogP contribution in [-0.4, -0.2) is 28.9 Å². The first-order valence-electron chi connectivity index (χ1n) is 13.2. The van der Waals surface area contributed by atoms with Gasteiger partial charge in [-0.05, 0) is 54.7 Å². The molecule has 1 aliphatic rings. The number of hydrogen-bond acceptors (Lipinski definition) is 4. The molecular formula is C32H32F3N2OPS. The fourth-order valence-corrected chi connectivity index (χ4v) is 7.59. The zero-order chi connectivity index (χ0) is 28.4. The Morgan fingerprint density at radius 2 is 1.30 bits per heavy atom. The minimum absolute atomic E-state index is 0.127. The van der Waals surface area contributed by atoms with E-state index in [9.17, 15) is 18.0 Å². The number of alkyl halides is 3. The SMILES string of the molecule is CC(=O)SCC1CCN(c2ccc(C(F)(F)F)cn2)CC1.c1ccc(P(c2ccccc2)c2ccccc2)cc1. The number of halogens is 3. The summed E-state index contributed by atoms with van der Waals surface area (Å²) in [5, 5.41) is 4.32. The summed E-state index contributed by atoms with van der Waals surface area (Å²) in [5.41, 5.74) is -0.723. The van der Waals surface area contributed by atoms with Gasteiger partial charge in [0.05, 0.1) is 5.56 Å². The lowest BCUT2D eigenvalue weighted by molar-refractivity contribution is -0.137. The van der Waals surface area contributed by atoms with Gasteiger partial charge < -0.3 is 4.90 Å². The molecule has 4 aromatic rings. The molecule has 0 saturated carbocycles. The number of carbonyl (C=O) groups is 1. The highest BCUT2D eigenvalue weighted by Crippen LogP contribution is 2.32. The van der Waals surface area contributed by atoms with E-state index in [1.165, 1.54) is 33.7 Å². The van der Waals surface area contributed by atoms with E-state index >= 15 is 0 Å². The number of hydrogen-bond donors (Lipinski definition) is 0. The van der Waals surface area contributed by atoms with Crippen LogP contribution in [0.4, 0.5) is 19.0 Å². The van der Waals surface area contributed by atoms with Crippen molar-refractivity contribution in [3.8, 4) is 0 Å². The van der Waals surface area contributed by atoms with Crippen molar-refractivity contribution < 1.29 is 18.0 Å². The van der Waals surface area contributed by atoms with Crippen LogP contribution in [0, 0.1) is 5.92 Å². The Morgan fingerprint density at radius 1 is 0.825 bits per heavy atom. The molecule has 0 atom stereocenters. The molecule has 1 saturated heterocycles. The lowest BCUT2D eigenvalue weighted by Gasteiger charge is -2.32. The van der Waals surface area contributed by atoms with Crippen molar-refractivity contribution in [1.29, 1.82) is 0 Å². The maximum absolute atomic E-state index is 12.5. The van der Waals surface area contributed by atoms with Gasteiger partial charge >= 0.3 is 6.18 Å². The summed E-state index contributed by atoms with van der Waals surface area (Å²) in [6, 6.07) is 34.8. The molecular weight excluding hydrogens is 548 g/mol. The number of nitrogens with zero attached hydrogens (tertiary/aromatic N) is 2. The van der Waals surface area contributed by atoms with E-state index in [1.54, 1.807) is 6.92 Å². The second-order valence-electron chi connectivity index (χ2n) is 9.48. The molecule has 3 nitrogen and oxygen atoms in total. The van der Waals surface area contributed by atoms with Crippen LogP contribution in [0.15, 0.2) is 109 Å². The zero-order valence-electron chi connectivity index (χ0n) is 22.3. The smallest absolute Gasteiger partial charge is 0.357 e. The first kappa shape index (κ1) is 29.8. The topological polar surface area (TPSA) is 33.2 Å². The molecule has 0 radical (unpaired) electrons. The molecule has 0 bridgehead atoms. The number of anilines is 1. The van der Waals surface area contributed by atoms with Gasteiger partial charge in [0.1, 0.15) is 5.82 Å². The summed E-state index contributed by atoms with van der Waals surface area (Å²) in [6.07, 6.45) is -1.60. The highest BCUT2D eigenvalue weighted by atomic mass is 32.2. The minimum Gasteiger partial charge on any atom is -0.357 e. The number of benzene rings is 3. The van der Waals surface area contributed by atoms with Crippen molar-refractivity contribution in [2.75, 3.05) is 23.7 Å². The fraction of sp³-hybridized carbons (Fsp3) is 0.250. The molecule has 208 valence electrons. The average Bonchev–Trinajstić information content (AvgIpc) is 2.98. The average molecular weight is 581 g/mol. The summed E-state index contributed by atoms with van der Waals surface area (Å²) in [7, 11) is -0.446. The van der Waals surface area contributed by atoms with Gasteiger partial charge in [-0.25, -0.2) is 4.98 Å². The summed E-state index contributed by atoms with van der Waals surface area (Å²) in [5.74, 6) is 1.90. The number of pyridine rings is 1. The van der Waals surface area contributed by atoms with Crippen molar-refractivity contribution >= 4 is 46.5 Å². The minimum atomic E-state index is -4.34. The zero-order valence-corrected chi connectivity index (χ0v) is 24.0. The number of carbonyl (C=O) groups excluding carboxylic acids is 1. The van der Waals surface area contributed by atoms with Gasteiger partial charge in [0.25, 0.3) is 0 Å². The van der Waals surface area contributed by atoms with Crippen LogP contribution in [0.3, 0.4) is 0 Å². The van der Waals surface area contributed by atoms with E-state index in [2.05, 4.69) is 96.0 Å². The third-order valence-electron chi connectivity index (χ3n) is 6.58. The fourth-order valence-electron chi connectivity index (χ4n) is 4.48. The van der Waals surface area contributed by atoms with Gasteiger partial charge in [-0.1, -0.05) is 103 Å². The Labute approximate surface area is 239 Å². The van der Waals surface area contributed by atoms with Crippen molar-refractivity contribution in [3.05, 3.63) is 115 Å². The quantitative estimate of drug-likeness (QED) is 0.229. The highest BCUT2D eigenvalue weighted by molar-refractivity contribution is 8.13. The van der Waals surface area contributed by atoms with Gasteiger partial charge in [-0.3, -0.25) is 4.79 Å². The standard InChI is InChI=1S/C18H15P.C14H17F3N2OS/c1-4-10-16(11-5-1)19(17-12-6-2-7-13-17)18-14-8-3-9-15-18;1-10(20)21-9-11-4-6-19(7-5-11)13-3-2-12(8-18-13)14(15,16)17/h1-15H;2-3,8,11H,4-7,9H2,1H3. The summed E-state index contributed by atoms with van der Waals surface area (Å²) >= 11 is 1.34. The first-order valence-corrected chi connectivity index (χ1v) is 15.5. The Hall–Kier alpha value is -3.15. The van der Waals surface area contributed by atoms with Crippen LogP contribution in [0.1, 0.15) is 25.3 Å². The van der Waals surface area contributed by atoms with Crippen LogP contribution in [0.2, 0.25) is 0 Å². The molecule has 1 aromatic heterocycles. The van der Waals surface area contributed by atoms with E-state index < -0.39 is 19.7 Å². The van der Waals surface area contributed by atoms with Crippen LogP contribution in [-0.2, 0) is 11.0 Å². The molecule has 2 heterocycles. The van der Waals surface area contributed by atoms with Crippen molar-refractivity contribution in [3.63, 3.8) is 0 Å². The molecule has 8 heteroatoms. The van der Waals surface area contributed by atoms with Gasteiger partial charge in [0.2, 0.25) is 0 Å². The molecule has 0 amide bonds. The third kappa shape index (κ3) is 8.67.